The molecular weight excluding hydrogens is 322 g/mol. The Balaban J connectivity index is 2.20. The fourth-order valence-electron chi connectivity index (χ4n) is 3.06. The molecule has 0 spiro atoms. The molecule has 2 rings (SSSR count). The first-order valence-corrected chi connectivity index (χ1v) is 9.45. The minimum atomic E-state index is -0.576. The van der Waals surface area contributed by atoms with Gasteiger partial charge in [-0.15, -0.1) is 0 Å². The van der Waals surface area contributed by atoms with Crippen LogP contribution >= 0.6 is 0 Å². The van der Waals surface area contributed by atoms with Gasteiger partial charge in [-0.3, -0.25) is 4.79 Å². The Morgan fingerprint density at radius 1 is 1.00 bits per heavy atom. The molecule has 1 atom stereocenters. The summed E-state index contributed by atoms with van der Waals surface area (Å²) in [6.07, 6.45) is 1.19. The Morgan fingerprint density at radius 2 is 1.58 bits per heavy atom. The average Bonchev–Trinajstić information content (AvgIpc) is 2.61. The maximum atomic E-state index is 12.8. The van der Waals surface area contributed by atoms with Gasteiger partial charge in [0.25, 0.3) is 5.91 Å². The van der Waals surface area contributed by atoms with Crippen molar-refractivity contribution in [3.63, 3.8) is 0 Å². The summed E-state index contributed by atoms with van der Waals surface area (Å²) in [6, 6.07) is 14.1. The Morgan fingerprint density at radius 3 is 2.12 bits per heavy atom. The van der Waals surface area contributed by atoms with Crippen LogP contribution in [0.25, 0.3) is 0 Å². The highest BCUT2D eigenvalue weighted by Crippen LogP contribution is 2.31. The number of ether oxygens (including phenoxy) is 1. The lowest BCUT2D eigenvalue weighted by Gasteiger charge is -2.25. The summed E-state index contributed by atoms with van der Waals surface area (Å²) < 4.78 is 6.04. The number of amides is 1. The van der Waals surface area contributed by atoms with E-state index in [1.54, 1.807) is 6.92 Å². The molecule has 0 aromatic heterocycles. The summed E-state index contributed by atoms with van der Waals surface area (Å²) in [5, 5.41) is 3.10. The molecule has 0 saturated heterocycles. The van der Waals surface area contributed by atoms with Gasteiger partial charge in [0.1, 0.15) is 5.75 Å². The SMILES string of the molecule is CCc1cccc(CC)c1NC(=O)C(C)Oc1ccccc1C(C)(C)C. The topological polar surface area (TPSA) is 38.3 Å². The van der Waals surface area contributed by atoms with E-state index >= 15 is 0 Å². The van der Waals surface area contributed by atoms with E-state index in [9.17, 15) is 4.79 Å². The lowest BCUT2D eigenvalue weighted by molar-refractivity contribution is -0.122. The van der Waals surface area contributed by atoms with Crippen molar-refractivity contribution < 1.29 is 9.53 Å². The van der Waals surface area contributed by atoms with Crippen LogP contribution in [0.2, 0.25) is 0 Å². The fraction of sp³-hybridized carbons (Fsp3) is 0.435. The molecule has 0 aliphatic carbocycles. The minimum Gasteiger partial charge on any atom is -0.481 e. The van der Waals surface area contributed by atoms with Gasteiger partial charge in [-0.2, -0.15) is 0 Å². The molecule has 0 fully saturated rings. The van der Waals surface area contributed by atoms with Crippen LogP contribution in [-0.4, -0.2) is 12.0 Å². The number of carbonyl (C=O) groups is 1. The molecule has 140 valence electrons. The van der Waals surface area contributed by atoms with E-state index in [-0.39, 0.29) is 11.3 Å². The van der Waals surface area contributed by atoms with Crippen LogP contribution in [-0.2, 0) is 23.1 Å². The first kappa shape index (κ1) is 20.0. The van der Waals surface area contributed by atoms with Gasteiger partial charge in [-0.05, 0) is 47.9 Å². The van der Waals surface area contributed by atoms with Crippen LogP contribution in [0.1, 0.15) is 58.2 Å². The number of anilines is 1. The normalized spacial score (nSPS) is 12.5. The molecule has 1 N–H and O–H groups in total. The molecule has 0 aliphatic rings. The molecule has 0 aliphatic heterocycles. The number of para-hydroxylation sites is 2. The van der Waals surface area contributed by atoms with Gasteiger partial charge in [0.05, 0.1) is 0 Å². The number of hydrogen-bond acceptors (Lipinski definition) is 2. The summed E-state index contributed by atoms with van der Waals surface area (Å²) in [7, 11) is 0. The van der Waals surface area contributed by atoms with Gasteiger partial charge in [-0.25, -0.2) is 0 Å². The molecule has 26 heavy (non-hydrogen) atoms. The summed E-state index contributed by atoms with van der Waals surface area (Å²) >= 11 is 0. The minimum absolute atomic E-state index is 0.0447. The highest BCUT2D eigenvalue weighted by atomic mass is 16.5. The second-order valence-electron chi connectivity index (χ2n) is 7.65. The average molecular weight is 354 g/mol. The van der Waals surface area contributed by atoms with E-state index in [0.717, 1.165) is 41.0 Å². The first-order chi connectivity index (χ1) is 12.3. The van der Waals surface area contributed by atoms with Gasteiger partial charge in [0.15, 0.2) is 6.10 Å². The van der Waals surface area contributed by atoms with Crippen LogP contribution in [0.15, 0.2) is 42.5 Å². The molecule has 0 heterocycles. The predicted molar refractivity (Wildman–Crippen MR) is 109 cm³/mol. The van der Waals surface area contributed by atoms with Crippen molar-refractivity contribution in [3.8, 4) is 5.75 Å². The van der Waals surface area contributed by atoms with Gasteiger partial charge in [-0.1, -0.05) is 71.0 Å². The molecule has 0 saturated carbocycles. The quantitative estimate of drug-likeness (QED) is 0.743. The van der Waals surface area contributed by atoms with Crippen LogP contribution < -0.4 is 10.1 Å². The Hall–Kier alpha value is -2.29. The first-order valence-electron chi connectivity index (χ1n) is 9.45. The number of rotatable bonds is 6. The zero-order valence-corrected chi connectivity index (χ0v) is 16.8. The molecule has 3 heteroatoms. The monoisotopic (exact) mass is 353 g/mol. The van der Waals surface area contributed by atoms with Crippen molar-refractivity contribution in [2.45, 2.75) is 65.9 Å². The van der Waals surface area contributed by atoms with E-state index in [4.69, 9.17) is 4.74 Å². The van der Waals surface area contributed by atoms with E-state index in [0.29, 0.717) is 0 Å². The number of benzene rings is 2. The third kappa shape index (κ3) is 4.66. The molecule has 2 aromatic rings. The third-order valence-electron chi connectivity index (χ3n) is 4.62. The smallest absolute Gasteiger partial charge is 0.265 e. The van der Waals surface area contributed by atoms with E-state index in [1.165, 1.54) is 0 Å². The maximum Gasteiger partial charge on any atom is 0.265 e. The van der Waals surface area contributed by atoms with Crippen molar-refractivity contribution in [2.75, 3.05) is 5.32 Å². The van der Waals surface area contributed by atoms with Crippen molar-refractivity contribution in [2.24, 2.45) is 0 Å². The molecule has 2 aromatic carbocycles. The van der Waals surface area contributed by atoms with Crippen LogP contribution in [0, 0.1) is 0 Å². The second-order valence-corrected chi connectivity index (χ2v) is 7.65. The fourth-order valence-corrected chi connectivity index (χ4v) is 3.06. The number of hydrogen-bond donors (Lipinski definition) is 1. The van der Waals surface area contributed by atoms with Gasteiger partial charge in [0.2, 0.25) is 0 Å². The highest BCUT2D eigenvalue weighted by molar-refractivity contribution is 5.95. The summed E-state index contributed by atoms with van der Waals surface area (Å²) in [5.41, 5.74) is 4.29. The summed E-state index contributed by atoms with van der Waals surface area (Å²) in [5.74, 6) is 0.645. The lowest BCUT2D eigenvalue weighted by Crippen LogP contribution is -2.31. The number of aryl methyl sites for hydroxylation is 2. The number of carbonyl (C=O) groups excluding carboxylic acids is 1. The molecule has 0 radical (unpaired) electrons. The summed E-state index contributed by atoms with van der Waals surface area (Å²) in [4.78, 5) is 12.8. The number of nitrogens with one attached hydrogen (secondary N) is 1. The molecular formula is C23H31NO2. The highest BCUT2D eigenvalue weighted by Gasteiger charge is 2.22. The van der Waals surface area contributed by atoms with Crippen LogP contribution in [0.3, 0.4) is 0 Å². The molecule has 3 nitrogen and oxygen atoms in total. The second kappa shape index (κ2) is 8.39. The van der Waals surface area contributed by atoms with Crippen molar-refractivity contribution >= 4 is 11.6 Å². The third-order valence-corrected chi connectivity index (χ3v) is 4.62. The maximum absolute atomic E-state index is 12.8. The van der Waals surface area contributed by atoms with Crippen molar-refractivity contribution in [1.29, 1.82) is 0 Å². The van der Waals surface area contributed by atoms with E-state index in [1.807, 2.05) is 24.3 Å². The molecule has 1 amide bonds. The van der Waals surface area contributed by atoms with E-state index < -0.39 is 6.10 Å². The standard InChI is InChI=1S/C23H31NO2/c1-7-17-12-11-13-18(8-2)21(17)24-22(25)16(3)26-20-15-10-9-14-19(20)23(4,5)6/h9-16H,7-8H2,1-6H3,(H,24,25). The molecule has 1 unspecified atom stereocenters. The van der Waals surface area contributed by atoms with Gasteiger partial charge < -0.3 is 10.1 Å². The summed E-state index contributed by atoms with van der Waals surface area (Å²) in [6.45, 7) is 12.4. The largest absolute Gasteiger partial charge is 0.481 e. The van der Waals surface area contributed by atoms with Crippen molar-refractivity contribution in [3.05, 3.63) is 59.2 Å². The van der Waals surface area contributed by atoms with Crippen LogP contribution in [0.4, 0.5) is 5.69 Å². The zero-order valence-electron chi connectivity index (χ0n) is 16.8. The van der Waals surface area contributed by atoms with Gasteiger partial charge >= 0.3 is 0 Å². The van der Waals surface area contributed by atoms with Crippen molar-refractivity contribution in [1.82, 2.24) is 0 Å². The Bertz CT molecular complexity index is 737. The zero-order chi connectivity index (χ0) is 19.3. The lowest BCUT2D eigenvalue weighted by atomic mass is 9.86. The van der Waals surface area contributed by atoms with Gasteiger partial charge in [0, 0.05) is 5.69 Å². The van der Waals surface area contributed by atoms with E-state index in [2.05, 4.69) is 58.1 Å². The predicted octanol–water partition coefficient (Wildman–Crippen LogP) is 5.51. The molecule has 0 bridgehead atoms. The Labute approximate surface area is 157 Å². The Kier molecular flexibility index (Phi) is 6.47. The van der Waals surface area contributed by atoms with Crippen LogP contribution in [0.5, 0.6) is 5.75 Å².